The van der Waals surface area contributed by atoms with Gasteiger partial charge in [0.15, 0.2) is 0 Å². The van der Waals surface area contributed by atoms with Crippen molar-refractivity contribution >= 4 is 28.6 Å². The van der Waals surface area contributed by atoms with E-state index in [1.165, 1.54) is 7.11 Å². The van der Waals surface area contributed by atoms with Crippen LogP contribution in [0.2, 0.25) is 0 Å². The molecule has 0 saturated carbocycles. The molecule has 0 spiro atoms. The lowest BCUT2D eigenvalue weighted by Crippen LogP contribution is -2.18. The molecule has 2 aromatic rings. The van der Waals surface area contributed by atoms with Crippen molar-refractivity contribution in [3.63, 3.8) is 0 Å². The summed E-state index contributed by atoms with van der Waals surface area (Å²) in [7, 11) is 1.32. The summed E-state index contributed by atoms with van der Waals surface area (Å²) >= 11 is 5.91. The van der Waals surface area contributed by atoms with Gasteiger partial charge >= 0.3 is 5.97 Å². The predicted octanol–water partition coefficient (Wildman–Crippen LogP) is 1.95. The highest BCUT2D eigenvalue weighted by Gasteiger charge is 2.16. The normalized spacial score (nSPS) is 12.4. The summed E-state index contributed by atoms with van der Waals surface area (Å²) in [6.07, 6.45) is 3.69. The molecule has 1 heterocycles. The molecule has 0 aliphatic heterocycles. The van der Waals surface area contributed by atoms with E-state index in [1.807, 2.05) is 18.2 Å². The van der Waals surface area contributed by atoms with Gasteiger partial charge in [-0.2, -0.15) is 0 Å². The number of carbonyl (C=O) groups excluding carboxylic acids is 1. The first-order chi connectivity index (χ1) is 8.20. The van der Waals surface area contributed by atoms with Gasteiger partial charge in [0.05, 0.1) is 18.1 Å². The average Bonchev–Trinajstić information content (AvgIpc) is 2.37. The molecule has 17 heavy (non-hydrogen) atoms. The van der Waals surface area contributed by atoms with Crippen LogP contribution in [0.1, 0.15) is 5.56 Å². The van der Waals surface area contributed by atoms with Crippen LogP contribution in [-0.2, 0) is 16.0 Å². The van der Waals surface area contributed by atoms with Crippen LogP contribution in [0.5, 0.6) is 0 Å². The van der Waals surface area contributed by atoms with E-state index in [0.717, 1.165) is 16.6 Å². The van der Waals surface area contributed by atoms with E-state index in [1.54, 1.807) is 12.4 Å². The van der Waals surface area contributed by atoms with Gasteiger partial charge in [-0.3, -0.25) is 14.8 Å². The number of nitrogens with zero attached hydrogens (tertiary/aromatic N) is 2. The van der Waals surface area contributed by atoms with Crippen LogP contribution in [-0.4, -0.2) is 28.4 Å². The number of fused-ring (bicyclic) bond motifs is 1. The smallest absolute Gasteiger partial charge is 0.324 e. The topological polar surface area (TPSA) is 52.1 Å². The van der Waals surface area contributed by atoms with E-state index in [0.29, 0.717) is 6.42 Å². The van der Waals surface area contributed by atoms with Crippen LogP contribution in [0.3, 0.4) is 0 Å². The molecule has 0 fully saturated rings. The Morgan fingerprint density at radius 1 is 1.35 bits per heavy atom. The van der Waals surface area contributed by atoms with Gasteiger partial charge in [-0.1, -0.05) is 6.07 Å². The number of ether oxygens (including phenoxy) is 1. The molecule has 88 valence electrons. The minimum atomic E-state index is -0.672. The van der Waals surface area contributed by atoms with Gasteiger partial charge in [0.1, 0.15) is 5.38 Å². The number of rotatable bonds is 3. The molecule has 1 aromatic carbocycles. The van der Waals surface area contributed by atoms with Crippen LogP contribution in [0.4, 0.5) is 0 Å². The summed E-state index contributed by atoms with van der Waals surface area (Å²) in [5.74, 6) is -0.425. The molecule has 4 nitrogen and oxygen atoms in total. The van der Waals surface area contributed by atoms with E-state index in [2.05, 4.69) is 14.7 Å². The minimum Gasteiger partial charge on any atom is -0.468 e. The highest BCUT2D eigenvalue weighted by molar-refractivity contribution is 6.30. The molecule has 0 bridgehead atoms. The quantitative estimate of drug-likeness (QED) is 0.617. The lowest BCUT2D eigenvalue weighted by Gasteiger charge is -2.07. The first-order valence-corrected chi connectivity index (χ1v) is 5.56. The Balaban J connectivity index is 2.22. The van der Waals surface area contributed by atoms with Gasteiger partial charge in [-0.25, -0.2) is 0 Å². The SMILES string of the molecule is COC(=O)C(Cl)Cc1ccc2nccnc2c1. The third-order valence-electron chi connectivity index (χ3n) is 2.41. The molecule has 5 heteroatoms. The molecule has 0 amide bonds. The highest BCUT2D eigenvalue weighted by atomic mass is 35.5. The van der Waals surface area contributed by atoms with Crippen molar-refractivity contribution in [3.8, 4) is 0 Å². The Kier molecular flexibility index (Phi) is 3.54. The second-order valence-electron chi connectivity index (χ2n) is 3.57. The number of hydrogen-bond donors (Lipinski definition) is 0. The minimum absolute atomic E-state index is 0.417. The van der Waals surface area contributed by atoms with E-state index < -0.39 is 11.3 Å². The summed E-state index contributed by atoms with van der Waals surface area (Å²) < 4.78 is 4.57. The summed E-state index contributed by atoms with van der Waals surface area (Å²) in [4.78, 5) is 19.6. The number of halogens is 1. The third kappa shape index (κ3) is 2.71. The fourth-order valence-corrected chi connectivity index (χ4v) is 1.82. The van der Waals surface area contributed by atoms with Crippen molar-refractivity contribution in [1.29, 1.82) is 0 Å². The average molecular weight is 251 g/mol. The van der Waals surface area contributed by atoms with Gasteiger partial charge < -0.3 is 4.74 Å². The van der Waals surface area contributed by atoms with Crippen molar-refractivity contribution in [3.05, 3.63) is 36.2 Å². The molecule has 0 aliphatic carbocycles. The lowest BCUT2D eigenvalue weighted by atomic mass is 10.1. The number of methoxy groups -OCH3 is 1. The fraction of sp³-hybridized carbons (Fsp3) is 0.250. The van der Waals surface area contributed by atoms with Crippen molar-refractivity contribution in [2.24, 2.45) is 0 Å². The Morgan fingerprint density at radius 3 is 2.76 bits per heavy atom. The van der Waals surface area contributed by atoms with Crippen molar-refractivity contribution in [2.75, 3.05) is 7.11 Å². The second kappa shape index (κ2) is 5.10. The lowest BCUT2D eigenvalue weighted by molar-refractivity contribution is -0.140. The van der Waals surface area contributed by atoms with Gasteiger partial charge in [-0.15, -0.1) is 11.6 Å². The van der Waals surface area contributed by atoms with Crippen LogP contribution in [0, 0.1) is 0 Å². The zero-order chi connectivity index (χ0) is 12.3. The number of hydrogen-bond acceptors (Lipinski definition) is 4. The molecule has 0 radical (unpaired) electrons. The monoisotopic (exact) mass is 250 g/mol. The summed E-state index contributed by atoms with van der Waals surface area (Å²) in [5, 5.41) is -0.672. The Bertz CT molecular complexity index is 545. The van der Waals surface area contributed by atoms with Gasteiger partial charge in [0, 0.05) is 12.4 Å². The van der Waals surface area contributed by atoms with Gasteiger partial charge in [0.25, 0.3) is 0 Å². The maximum absolute atomic E-state index is 11.2. The standard InChI is InChI=1S/C12H11ClN2O2/c1-17-12(16)9(13)6-8-2-3-10-11(7-8)15-5-4-14-10/h2-5,7,9H,6H2,1H3. The number of alkyl halides is 1. The molecule has 0 aliphatic rings. The zero-order valence-corrected chi connectivity index (χ0v) is 10.0. The third-order valence-corrected chi connectivity index (χ3v) is 2.74. The van der Waals surface area contributed by atoms with Gasteiger partial charge in [-0.05, 0) is 24.1 Å². The van der Waals surface area contributed by atoms with Crippen LogP contribution >= 0.6 is 11.6 Å². The number of benzene rings is 1. The Morgan fingerprint density at radius 2 is 2.06 bits per heavy atom. The highest BCUT2D eigenvalue weighted by Crippen LogP contribution is 2.14. The maximum Gasteiger partial charge on any atom is 0.324 e. The van der Waals surface area contributed by atoms with Gasteiger partial charge in [0.2, 0.25) is 0 Å². The largest absolute Gasteiger partial charge is 0.468 e. The van der Waals surface area contributed by atoms with E-state index >= 15 is 0 Å². The molecule has 1 atom stereocenters. The van der Waals surface area contributed by atoms with Crippen LogP contribution in [0.25, 0.3) is 11.0 Å². The summed E-state index contributed by atoms with van der Waals surface area (Å²) in [5.41, 5.74) is 2.54. The molecule has 0 saturated heterocycles. The molecule has 1 aromatic heterocycles. The first kappa shape index (κ1) is 11.8. The zero-order valence-electron chi connectivity index (χ0n) is 9.26. The fourth-order valence-electron chi connectivity index (χ4n) is 1.55. The van der Waals surface area contributed by atoms with Crippen molar-refractivity contribution < 1.29 is 9.53 Å². The number of aromatic nitrogens is 2. The summed E-state index contributed by atoms with van der Waals surface area (Å²) in [6, 6.07) is 5.62. The molecular formula is C12H11ClN2O2. The van der Waals surface area contributed by atoms with Crippen molar-refractivity contribution in [2.45, 2.75) is 11.8 Å². The van der Waals surface area contributed by atoms with Crippen LogP contribution < -0.4 is 0 Å². The summed E-state index contributed by atoms with van der Waals surface area (Å²) in [6.45, 7) is 0. The molecular weight excluding hydrogens is 240 g/mol. The Hall–Kier alpha value is -1.68. The first-order valence-electron chi connectivity index (χ1n) is 5.12. The van der Waals surface area contributed by atoms with Crippen molar-refractivity contribution in [1.82, 2.24) is 9.97 Å². The van der Waals surface area contributed by atoms with Crippen LogP contribution in [0.15, 0.2) is 30.6 Å². The molecule has 1 unspecified atom stereocenters. The number of esters is 1. The van der Waals surface area contributed by atoms with E-state index in [9.17, 15) is 4.79 Å². The van der Waals surface area contributed by atoms with E-state index in [-0.39, 0.29) is 0 Å². The molecule has 0 N–H and O–H groups in total. The predicted molar refractivity (Wildman–Crippen MR) is 64.9 cm³/mol. The molecule has 2 rings (SSSR count). The maximum atomic E-state index is 11.2. The Labute approximate surface area is 104 Å². The second-order valence-corrected chi connectivity index (χ2v) is 4.10. The van der Waals surface area contributed by atoms with E-state index in [4.69, 9.17) is 11.6 Å². The number of carbonyl (C=O) groups is 1.